The zero-order chi connectivity index (χ0) is 13.7. The van der Waals surface area contributed by atoms with Crippen molar-refractivity contribution in [2.75, 3.05) is 44.7 Å². The predicted octanol–water partition coefficient (Wildman–Crippen LogP) is 1.80. The van der Waals surface area contributed by atoms with E-state index in [9.17, 15) is 4.79 Å². The van der Waals surface area contributed by atoms with E-state index in [2.05, 4.69) is 21.9 Å². The smallest absolute Gasteiger partial charge is 0.146 e. The van der Waals surface area contributed by atoms with Crippen LogP contribution in [0.2, 0.25) is 0 Å². The third-order valence-corrected chi connectivity index (χ3v) is 3.59. The minimum Gasteiger partial charge on any atom is -0.497 e. The fourth-order valence-corrected chi connectivity index (χ4v) is 2.33. The summed E-state index contributed by atoms with van der Waals surface area (Å²) < 4.78 is 5.25. The third kappa shape index (κ3) is 3.70. The highest BCUT2D eigenvalue weighted by Gasteiger charge is 2.18. The standard InChI is InChI=1S/C15H22N2O2/c1-3-14(18)12-16-7-9-17(10-8-16)13-5-4-6-15(11-13)19-2/h4-6,11H,3,7-10,12H2,1-2H3. The average molecular weight is 262 g/mol. The van der Waals surface area contributed by atoms with Crippen molar-refractivity contribution in [3.63, 3.8) is 0 Å². The molecule has 1 saturated heterocycles. The average Bonchev–Trinajstić information content (AvgIpc) is 2.48. The maximum Gasteiger partial charge on any atom is 0.146 e. The molecule has 1 aliphatic heterocycles. The summed E-state index contributed by atoms with van der Waals surface area (Å²) in [7, 11) is 1.69. The maximum absolute atomic E-state index is 11.4. The summed E-state index contributed by atoms with van der Waals surface area (Å²) in [5.74, 6) is 1.22. The molecule has 0 aliphatic carbocycles. The molecule has 2 rings (SSSR count). The number of carbonyl (C=O) groups excluding carboxylic acids is 1. The second-order valence-electron chi connectivity index (χ2n) is 4.86. The van der Waals surface area contributed by atoms with Crippen LogP contribution in [0.15, 0.2) is 24.3 Å². The number of ketones is 1. The van der Waals surface area contributed by atoms with E-state index >= 15 is 0 Å². The molecule has 0 saturated carbocycles. The van der Waals surface area contributed by atoms with Crippen molar-refractivity contribution in [1.29, 1.82) is 0 Å². The quantitative estimate of drug-likeness (QED) is 0.810. The van der Waals surface area contributed by atoms with E-state index in [0.717, 1.165) is 31.9 Å². The molecule has 19 heavy (non-hydrogen) atoms. The molecule has 1 aromatic carbocycles. The zero-order valence-corrected chi connectivity index (χ0v) is 11.8. The van der Waals surface area contributed by atoms with Gasteiger partial charge >= 0.3 is 0 Å². The Morgan fingerprint density at radius 1 is 1.26 bits per heavy atom. The highest BCUT2D eigenvalue weighted by Crippen LogP contribution is 2.21. The lowest BCUT2D eigenvalue weighted by atomic mass is 10.2. The Morgan fingerprint density at radius 3 is 2.63 bits per heavy atom. The zero-order valence-electron chi connectivity index (χ0n) is 11.8. The van der Waals surface area contributed by atoms with Crippen molar-refractivity contribution in [2.24, 2.45) is 0 Å². The second kappa shape index (κ2) is 6.57. The van der Waals surface area contributed by atoms with Gasteiger partial charge < -0.3 is 9.64 Å². The molecule has 0 spiro atoms. The lowest BCUT2D eigenvalue weighted by molar-refractivity contribution is -0.119. The molecule has 0 atom stereocenters. The molecule has 0 bridgehead atoms. The van der Waals surface area contributed by atoms with Crippen LogP contribution in [-0.4, -0.2) is 50.5 Å². The molecule has 0 radical (unpaired) electrons. The van der Waals surface area contributed by atoms with Crippen molar-refractivity contribution < 1.29 is 9.53 Å². The number of rotatable bonds is 5. The van der Waals surface area contributed by atoms with Gasteiger partial charge in [-0.25, -0.2) is 0 Å². The molecule has 104 valence electrons. The number of piperazine rings is 1. The van der Waals surface area contributed by atoms with E-state index in [1.807, 2.05) is 19.1 Å². The van der Waals surface area contributed by atoms with Crippen molar-refractivity contribution in [3.05, 3.63) is 24.3 Å². The summed E-state index contributed by atoms with van der Waals surface area (Å²) >= 11 is 0. The highest BCUT2D eigenvalue weighted by molar-refractivity contribution is 5.80. The van der Waals surface area contributed by atoms with Gasteiger partial charge in [0.25, 0.3) is 0 Å². The van der Waals surface area contributed by atoms with Crippen LogP contribution in [0.4, 0.5) is 5.69 Å². The number of anilines is 1. The monoisotopic (exact) mass is 262 g/mol. The number of hydrogen-bond acceptors (Lipinski definition) is 4. The third-order valence-electron chi connectivity index (χ3n) is 3.59. The molecular formula is C15H22N2O2. The molecule has 0 N–H and O–H groups in total. The van der Waals surface area contributed by atoms with Gasteiger partial charge in [-0.05, 0) is 12.1 Å². The van der Waals surface area contributed by atoms with Gasteiger partial charge in [-0.1, -0.05) is 13.0 Å². The maximum atomic E-state index is 11.4. The molecule has 1 aliphatic rings. The number of Topliss-reactive ketones (excluding diaryl/α,β-unsaturated/α-hetero) is 1. The van der Waals surface area contributed by atoms with Gasteiger partial charge in [-0.3, -0.25) is 9.69 Å². The summed E-state index contributed by atoms with van der Waals surface area (Å²) in [4.78, 5) is 16.0. The molecule has 0 unspecified atom stereocenters. The molecular weight excluding hydrogens is 240 g/mol. The summed E-state index contributed by atoms with van der Waals surface area (Å²) in [6, 6.07) is 8.14. The minimum atomic E-state index is 0.329. The van der Waals surface area contributed by atoms with Gasteiger partial charge in [0.2, 0.25) is 0 Å². The lowest BCUT2D eigenvalue weighted by Gasteiger charge is -2.35. The number of benzene rings is 1. The first-order chi connectivity index (χ1) is 9.22. The number of nitrogens with zero attached hydrogens (tertiary/aromatic N) is 2. The summed E-state index contributed by atoms with van der Waals surface area (Å²) in [6.07, 6.45) is 0.635. The van der Waals surface area contributed by atoms with Crippen LogP contribution in [0, 0.1) is 0 Å². The van der Waals surface area contributed by atoms with Crippen LogP contribution >= 0.6 is 0 Å². The summed E-state index contributed by atoms with van der Waals surface area (Å²) in [6.45, 7) is 6.34. The van der Waals surface area contributed by atoms with Gasteiger partial charge in [0.15, 0.2) is 0 Å². The van der Waals surface area contributed by atoms with Crippen LogP contribution in [0.5, 0.6) is 5.75 Å². The van der Waals surface area contributed by atoms with Crippen LogP contribution in [-0.2, 0) is 4.79 Å². The molecule has 1 fully saturated rings. The van der Waals surface area contributed by atoms with Crippen LogP contribution in [0.1, 0.15) is 13.3 Å². The van der Waals surface area contributed by atoms with Gasteiger partial charge in [0.05, 0.1) is 13.7 Å². The first kappa shape index (κ1) is 13.9. The van der Waals surface area contributed by atoms with E-state index in [1.54, 1.807) is 7.11 Å². The highest BCUT2D eigenvalue weighted by atomic mass is 16.5. The topological polar surface area (TPSA) is 32.8 Å². The van der Waals surface area contributed by atoms with Gasteiger partial charge in [0.1, 0.15) is 11.5 Å². The minimum absolute atomic E-state index is 0.329. The first-order valence-corrected chi connectivity index (χ1v) is 6.86. The summed E-state index contributed by atoms with van der Waals surface area (Å²) in [5, 5.41) is 0. The Morgan fingerprint density at radius 2 is 2.00 bits per heavy atom. The molecule has 1 heterocycles. The second-order valence-corrected chi connectivity index (χ2v) is 4.86. The van der Waals surface area contributed by atoms with Crippen LogP contribution in [0.25, 0.3) is 0 Å². The Bertz CT molecular complexity index is 426. The fraction of sp³-hybridized carbons (Fsp3) is 0.533. The van der Waals surface area contributed by atoms with E-state index < -0.39 is 0 Å². The van der Waals surface area contributed by atoms with E-state index in [4.69, 9.17) is 4.74 Å². The summed E-state index contributed by atoms with van der Waals surface area (Å²) in [5.41, 5.74) is 1.20. The number of ether oxygens (including phenoxy) is 1. The Kier molecular flexibility index (Phi) is 4.80. The molecule has 4 heteroatoms. The Balaban J connectivity index is 1.90. The largest absolute Gasteiger partial charge is 0.497 e. The van der Waals surface area contributed by atoms with Crippen molar-refractivity contribution >= 4 is 11.5 Å². The SMILES string of the molecule is CCC(=O)CN1CCN(c2cccc(OC)c2)CC1. The molecule has 4 nitrogen and oxygen atoms in total. The van der Waals surface area contributed by atoms with E-state index in [1.165, 1.54) is 5.69 Å². The Labute approximate surface area is 115 Å². The van der Waals surface area contributed by atoms with Crippen molar-refractivity contribution in [2.45, 2.75) is 13.3 Å². The normalized spacial score (nSPS) is 16.4. The Hall–Kier alpha value is -1.55. The van der Waals surface area contributed by atoms with Crippen LogP contribution < -0.4 is 9.64 Å². The van der Waals surface area contributed by atoms with Gasteiger partial charge in [0, 0.05) is 44.4 Å². The van der Waals surface area contributed by atoms with Gasteiger partial charge in [-0.2, -0.15) is 0 Å². The lowest BCUT2D eigenvalue weighted by Crippen LogP contribution is -2.47. The van der Waals surface area contributed by atoms with Crippen molar-refractivity contribution in [3.8, 4) is 5.75 Å². The molecule has 1 aromatic rings. The predicted molar refractivity (Wildman–Crippen MR) is 76.9 cm³/mol. The molecule has 0 aromatic heterocycles. The van der Waals surface area contributed by atoms with Crippen LogP contribution in [0.3, 0.4) is 0 Å². The van der Waals surface area contributed by atoms with E-state index in [0.29, 0.717) is 18.7 Å². The number of carbonyl (C=O) groups is 1. The number of methoxy groups -OCH3 is 1. The fourth-order valence-electron chi connectivity index (χ4n) is 2.33. The van der Waals surface area contributed by atoms with Crippen molar-refractivity contribution in [1.82, 2.24) is 4.90 Å². The van der Waals surface area contributed by atoms with Gasteiger partial charge in [-0.15, -0.1) is 0 Å². The number of hydrogen-bond donors (Lipinski definition) is 0. The first-order valence-electron chi connectivity index (χ1n) is 6.86. The van der Waals surface area contributed by atoms with E-state index in [-0.39, 0.29) is 0 Å². The molecule has 0 amide bonds.